The monoisotopic (exact) mass is 235 g/mol. The molecule has 0 bridgehead atoms. The maximum absolute atomic E-state index is 5.82. The van der Waals surface area contributed by atoms with Crippen LogP contribution in [0.2, 0.25) is 5.02 Å². The summed E-state index contributed by atoms with van der Waals surface area (Å²) < 4.78 is 1.96. The Hall–Kier alpha value is -1.48. The third-order valence-electron chi connectivity index (χ3n) is 2.43. The maximum atomic E-state index is 5.82. The van der Waals surface area contributed by atoms with E-state index in [1.54, 1.807) is 6.20 Å². The summed E-state index contributed by atoms with van der Waals surface area (Å²) >= 11 is 5.82. The number of nitrogens with zero attached hydrogens (tertiary/aromatic N) is 2. The zero-order chi connectivity index (χ0) is 11.4. The van der Waals surface area contributed by atoms with Crippen LogP contribution in [0.1, 0.15) is 5.56 Å². The molecular weight excluding hydrogens is 222 g/mol. The van der Waals surface area contributed by atoms with Crippen LogP contribution in [-0.2, 0) is 13.5 Å². The van der Waals surface area contributed by atoms with Gasteiger partial charge in [0.05, 0.1) is 0 Å². The second-order valence-electron chi connectivity index (χ2n) is 3.66. The van der Waals surface area contributed by atoms with Gasteiger partial charge in [-0.1, -0.05) is 23.7 Å². The first-order valence-electron chi connectivity index (χ1n) is 5.21. The molecule has 0 unspecified atom stereocenters. The molecule has 1 aromatic heterocycles. The molecule has 0 radical (unpaired) electrons. The lowest BCUT2D eigenvalue weighted by Gasteiger charge is -2.05. The van der Waals surface area contributed by atoms with Crippen molar-refractivity contribution in [3.05, 3.63) is 47.2 Å². The SMILES string of the molecule is Cn1ccnc1NCCc1ccc(Cl)cc1. The molecule has 0 aliphatic heterocycles. The number of halogens is 1. The Bertz CT molecular complexity index is 448. The number of aryl methyl sites for hydroxylation is 1. The fourth-order valence-corrected chi connectivity index (χ4v) is 1.63. The Kier molecular flexibility index (Phi) is 3.47. The lowest BCUT2D eigenvalue weighted by molar-refractivity contribution is 0.889. The van der Waals surface area contributed by atoms with Crippen LogP contribution < -0.4 is 5.32 Å². The molecule has 3 nitrogen and oxygen atoms in total. The number of hydrogen-bond donors (Lipinski definition) is 1. The molecule has 0 saturated carbocycles. The predicted octanol–water partition coefficient (Wildman–Crippen LogP) is 2.73. The first-order chi connectivity index (χ1) is 7.75. The van der Waals surface area contributed by atoms with Crippen LogP contribution in [0.3, 0.4) is 0 Å². The van der Waals surface area contributed by atoms with Crippen molar-refractivity contribution in [3.8, 4) is 0 Å². The number of rotatable bonds is 4. The van der Waals surface area contributed by atoms with Crippen molar-refractivity contribution in [2.45, 2.75) is 6.42 Å². The van der Waals surface area contributed by atoms with Gasteiger partial charge >= 0.3 is 0 Å². The predicted molar refractivity (Wildman–Crippen MR) is 66.9 cm³/mol. The van der Waals surface area contributed by atoms with Gasteiger partial charge in [0.1, 0.15) is 0 Å². The van der Waals surface area contributed by atoms with E-state index in [9.17, 15) is 0 Å². The summed E-state index contributed by atoms with van der Waals surface area (Å²) in [6, 6.07) is 7.92. The van der Waals surface area contributed by atoms with Gasteiger partial charge in [0.15, 0.2) is 0 Å². The van der Waals surface area contributed by atoms with E-state index >= 15 is 0 Å². The molecular formula is C12H14ClN3. The van der Waals surface area contributed by atoms with E-state index in [2.05, 4.69) is 10.3 Å². The van der Waals surface area contributed by atoms with E-state index in [0.717, 1.165) is 23.9 Å². The zero-order valence-electron chi connectivity index (χ0n) is 9.15. The average Bonchev–Trinajstić information content (AvgIpc) is 2.68. The summed E-state index contributed by atoms with van der Waals surface area (Å²) in [4.78, 5) is 4.19. The van der Waals surface area contributed by atoms with Crippen LogP contribution in [0.5, 0.6) is 0 Å². The van der Waals surface area contributed by atoms with Crippen molar-refractivity contribution < 1.29 is 0 Å². The third-order valence-corrected chi connectivity index (χ3v) is 2.68. The van der Waals surface area contributed by atoms with Crippen LogP contribution in [0, 0.1) is 0 Å². The minimum absolute atomic E-state index is 0.779. The molecule has 0 fully saturated rings. The molecule has 0 aliphatic carbocycles. The molecule has 2 rings (SSSR count). The Morgan fingerprint density at radius 2 is 2.06 bits per heavy atom. The Balaban J connectivity index is 1.84. The average molecular weight is 236 g/mol. The van der Waals surface area contributed by atoms with E-state index < -0.39 is 0 Å². The van der Waals surface area contributed by atoms with Crippen LogP contribution in [0.15, 0.2) is 36.7 Å². The van der Waals surface area contributed by atoms with Gasteiger partial charge in [0, 0.05) is 31.0 Å². The Morgan fingerprint density at radius 1 is 1.31 bits per heavy atom. The normalized spacial score (nSPS) is 10.4. The van der Waals surface area contributed by atoms with E-state index in [4.69, 9.17) is 11.6 Å². The highest BCUT2D eigenvalue weighted by atomic mass is 35.5. The quantitative estimate of drug-likeness (QED) is 0.883. The third kappa shape index (κ3) is 2.76. The second kappa shape index (κ2) is 5.03. The van der Waals surface area contributed by atoms with Gasteiger partial charge in [-0.3, -0.25) is 0 Å². The Labute approximate surface area is 100 Å². The lowest BCUT2D eigenvalue weighted by atomic mass is 10.1. The van der Waals surface area contributed by atoms with Crippen molar-refractivity contribution >= 4 is 17.5 Å². The largest absolute Gasteiger partial charge is 0.355 e. The van der Waals surface area contributed by atoms with E-state index in [1.165, 1.54) is 5.56 Å². The molecule has 0 saturated heterocycles. The highest BCUT2D eigenvalue weighted by Crippen LogP contribution is 2.10. The Morgan fingerprint density at radius 3 is 2.69 bits per heavy atom. The molecule has 16 heavy (non-hydrogen) atoms. The van der Waals surface area contributed by atoms with Gasteiger partial charge in [-0.25, -0.2) is 4.98 Å². The topological polar surface area (TPSA) is 29.9 Å². The number of benzene rings is 1. The number of imidazole rings is 1. The maximum Gasteiger partial charge on any atom is 0.202 e. The van der Waals surface area contributed by atoms with Crippen LogP contribution in [0.25, 0.3) is 0 Å². The van der Waals surface area contributed by atoms with E-state index in [-0.39, 0.29) is 0 Å². The van der Waals surface area contributed by atoms with Crippen LogP contribution in [0.4, 0.5) is 5.95 Å². The van der Waals surface area contributed by atoms with Gasteiger partial charge in [-0.2, -0.15) is 0 Å². The summed E-state index contributed by atoms with van der Waals surface area (Å²) in [5.74, 6) is 0.897. The van der Waals surface area contributed by atoms with Crippen molar-refractivity contribution in [2.24, 2.45) is 7.05 Å². The van der Waals surface area contributed by atoms with Crippen LogP contribution in [-0.4, -0.2) is 16.1 Å². The fraction of sp³-hybridized carbons (Fsp3) is 0.250. The molecule has 0 atom stereocenters. The number of hydrogen-bond acceptors (Lipinski definition) is 2. The molecule has 0 spiro atoms. The summed E-state index contributed by atoms with van der Waals surface area (Å²) in [5.41, 5.74) is 1.27. The minimum Gasteiger partial charge on any atom is -0.355 e. The number of nitrogens with one attached hydrogen (secondary N) is 1. The van der Waals surface area contributed by atoms with Crippen LogP contribution >= 0.6 is 11.6 Å². The summed E-state index contributed by atoms with van der Waals surface area (Å²) in [5, 5.41) is 4.05. The van der Waals surface area contributed by atoms with Gasteiger partial charge in [0.25, 0.3) is 0 Å². The van der Waals surface area contributed by atoms with Crippen molar-refractivity contribution in [1.82, 2.24) is 9.55 Å². The van der Waals surface area contributed by atoms with Crippen molar-refractivity contribution in [2.75, 3.05) is 11.9 Å². The summed E-state index contributed by atoms with van der Waals surface area (Å²) in [6.45, 7) is 0.868. The summed E-state index contributed by atoms with van der Waals surface area (Å²) in [6.07, 6.45) is 4.67. The summed E-state index contributed by atoms with van der Waals surface area (Å²) in [7, 11) is 1.97. The molecule has 0 aliphatic rings. The van der Waals surface area contributed by atoms with Gasteiger partial charge < -0.3 is 9.88 Å². The zero-order valence-corrected chi connectivity index (χ0v) is 9.91. The molecule has 1 heterocycles. The molecule has 1 N–H and O–H groups in total. The minimum atomic E-state index is 0.779. The molecule has 2 aromatic rings. The number of aromatic nitrogens is 2. The first-order valence-corrected chi connectivity index (χ1v) is 5.59. The van der Waals surface area contributed by atoms with Crippen molar-refractivity contribution in [3.63, 3.8) is 0 Å². The van der Waals surface area contributed by atoms with Gasteiger partial charge in [0.2, 0.25) is 5.95 Å². The molecule has 0 amide bonds. The molecule has 1 aromatic carbocycles. The lowest BCUT2D eigenvalue weighted by Crippen LogP contribution is -2.08. The highest BCUT2D eigenvalue weighted by molar-refractivity contribution is 6.30. The smallest absolute Gasteiger partial charge is 0.202 e. The van der Waals surface area contributed by atoms with Gasteiger partial charge in [-0.15, -0.1) is 0 Å². The highest BCUT2D eigenvalue weighted by Gasteiger charge is 1.97. The van der Waals surface area contributed by atoms with Gasteiger partial charge in [-0.05, 0) is 24.1 Å². The number of anilines is 1. The van der Waals surface area contributed by atoms with E-state index in [1.807, 2.05) is 42.1 Å². The standard InChI is InChI=1S/C12H14ClN3/c1-16-9-8-15-12(16)14-7-6-10-2-4-11(13)5-3-10/h2-5,8-9H,6-7H2,1H3,(H,14,15). The molecule has 84 valence electrons. The first kappa shape index (κ1) is 11.0. The molecule has 4 heteroatoms. The second-order valence-corrected chi connectivity index (χ2v) is 4.10. The fourth-order valence-electron chi connectivity index (χ4n) is 1.51. The van der Waals surface area contributed by atoms with Crippen molar-refractivity contribution in [1.29, 1.82) is 0 Å². The van der Waals surface area contributed by atoms with E-state index in [0.29, 0.717) is 0 Å².